The van der Waals surface area contributed by atoms with E-state index in [9.17, 15) is 14.7 Å². The molecule has 0 radical (unpaired) electrons. The second-order valence-corrected chi connectivity index (χ2v) is 5.33. The second kappa shape index (κ2) is 6.37. The van der Waals surface area contributed by atoms with E-state index < -0.39 is 11.5 Å². The van der Waals surface area contributed by atoms with Crippen LogP contribution in [0.4, 0.5) is 0 Å². The lowest BCUT2D eigenvalue weighted by Crippen LogP contribution is -2.19. The molecule has 0 aliphatic heterocycles. The fourth-order valence-corrected chi connectivity index (χ4v) is 2.33. The maximum absolute atomic E-state index is 12.1. The number of aromatic hydroxyl groups is 1. The molecule has 0 aliphatic rings. The Kier molecular flexibility index (Phi) is 4.11. The molecule has 3 rings (SSSR count). The van der Waals surface area contributed by atoms with Crippen LogP contribution in [0.25, 0.3) is 10.9 Å². The minimum Gasteiger partial charge on any atom is -0.506 e. The molecule has 0 spiro atoms. The number of carbonyl (C=O) groups excluding carboxylic acids is 1. The minimum absolute atomic E-state index is 0.0125. The number of nitrogens with zero attached hydrogens (tertiary/aromatic N) is 1. The Bertz CT molecular complexity index is 992. The lowest BCUT2D eigenvalue weighted by molar-refractivity contribution is 0.0955. The number of carbonyl (C=O) groups is 1. The molecule has 0 aliphatic carbocycles. The van der Waals surface area contributed by atoms with E-state index >= 15 is 0 Å². The number of fused-ring (bicyclic) bond motifs is 1. The Balaban J connectivity index is 1.90. The molecule has 3 N–H and O–H groups in total. The molecular formula is C18H15N3O3. The summed E-state index contributed by atoms with van der Waals surface area (Å²) < 4.78 is 0. The van der Waals surface area contributed by atoms with Crippen LogP contribution in [-0.4, -0.2) is 22.2 Å². The first-order valence-electron chi connectivity index (χ1n) is 7.30. The normalized spacial score (nSPS) is 11.0. The van der Waals surface area contributed by atoms with Gasteiger partial charge in [0.05, 0.1) is 11.7 Å². The predicted molar refractivity (Wildman–Crippen MR) is 92.5 cm³/mol. The van der Waals surface area contributed by atoms with Crippen LogP contribution < -0.4 is 11.0 Å². The quantitative estimate of drug-likeness (QED) is 0.510. The summed E-state index contributed by atoms with van der Waals surface area (Å²) in [7, 11) is 0. The van der Waals surface area contributed by atoms with E-state index in [1.807, 2.05) is 13.0 Å². The first kappa shape index (κ1) is 15.5. The molecule has 24 heavy (non-hydrogen) atoms. The van der Waals surface area contributed by atoms with Gasteiger partial charge in [-0.15, -0.1) is 0 Å². The molecule has 0 saturated heterocycles. The lowest BCUT2D eigenvalue weighted by atomic mass is 10.1. The molecule has 1 amide bonds. The molecule has 6 heteroatoms. The summed E-state index contributed by atoms with van der Waals surface area (Å²) in [6.07, 6.45) is 1.14. The molecular weight excluding hydrogens is 306 g/mol. The van der Waals surface area contributed by atoms with Crippen molar-refractivity contribution in [3.63, 3.8) is 0 Å². The summed E-state index contributed by atoms with van der Waals surface area (Å²) in [6.45, 7) is 1.89. The topological polar surface area (TPSA) is 94.5 Å². The molecule has 0 saturated carbocycles. The number of aromatic nitrogens is 1. The van der Waals surface area contributed by atoms with Crippen molar-refractivity contribution < 1.29 is 9.90 Å². The molecule has 2 aromatic carbocycles. The van der Waals surface area contributed by atoms with Gasteiger partial charge >= 0.3 is 0 Å². The van der Waals surface area contributed by atoms with E-state index in [1.165, 1.54) is 0 Å². The third kappa shape index (κ3) is 3.03. The zero-order chi connectivity index (χ0) is 17.1. The van der Waals surface area contributed by atoms with E-state index in [-0.39, 0.29) is 11.3 Å². The largest absolute Gasteiger partial charge is 0.506 e. The van der Waals surface area contributed by atoms with Gasteiger partial charge in [0.25, 0.3) is 11.5 Å². The van der Waals surface area contributed by atoms with Crippen molar-refractivity contribution in [2.45, 2.75) is 6.92 Å². The first-order valence-corrected chi connectivity index (χ1v) is 7.30. The van der Waals surface area contributed by atoms with Gasteiger partial charge in [-0.25, -0.2) is 5.43 Å². The van der Waals surface area contributed by atoms with E-state index in [4.69, 9.17) is 0 Å². The molecule has 3 aromatic rings. The summed E-state index contributed by atoms with van der Waals surface area (Å²) in [4.78, 5) is 26.6. The number of rotatable bonds is 3. The Hall–Kier alpha value is -3.41. The van der Waals surface area contributed by atoms with Crippen molar-refractivity contribution in [2.24, 2.45) is 5.10 Å². The lowest BCUT2D eigenvalue weighted by Gasteiger charge is -2.05. The standard InChI is InChI=1S/C18H15N3O3/c1-11-7-8-15-13(9-11)16(22)14(18(24)20-15)10-19-21-17(23)12-5-3-2-4-6-12/h2-10H,1H3,(H,21,23)(H2,20,22,24)/b19-10-. The van der Waals surface area contributed by atoms with Gasteiger partial charge in [0.1, 0.15) is 11.3 Å². The van der Waals surface area contributed by atoms with Gasteiger partial charge in [0.15, 0.2) is 0 Å². The number of aryl methyl sites for hydroxylation is 1. The van der Waals surface area contributed by atoms with Crippen LogP contribution in [-0.2, 0) is 0 Å². The highest BCUT2D eigenvalue weighted by Gasteiger charge is 2.10. The van der Waals surface area contributed by atoms with E-state index in [0.717, 1.165) is 11.8 Å². The van der Waals surface area contributed by atoms with Crippen LogP contribution in [0.15, 0.2) is 58.4 Å². The molecule has 0 unspecified atom stereocenters. The molecule has 1 heterocycles. The molecule has 0 bridgehead atoms. The van der Waals surface area contributed by atoms with Crippen LogP contribution in [0.3, 0.4) is 0 Å². The maximum atomic E-state index is 12.1. The Morgan fingerprint density at radius 1 is 1.21 bits per heavy atom. The molecule has 1 aromatic heterocycles. The number of hydrazone groups is 1. The Morgan fingerprint density at radius 2 is 1.96 bits per heavy atom. The van der Waals surface area contributed by atoms with Crippen LogP contribution in [0.1, 0.15) is 21.5 Å². The second-order valence-electron chi connectivity index (χ2n) is 5.33. The van der Waals surface area contributed by atoms with Crippen LogP contribution >= 0.6 is 0 Å². The highest BCUT2D eigenvalue weighted by atomic mass is 16.3. The Morgan fingerprint density at radius 3 is 2.71 bits per heavy atom. The van der Waals surface area contributed by atoms with Gasteiger partial charge in [-0.3, -0.25) is 9.59 Å². The summed E-state index contributed by atoms with van der Waals surface area (Å²) in [5.41, 5.74) is 3.76. The number of nitrogens with one attached hydrogen (secondary N) is 2. The third-order valence-corrected chi connectivity index (χ3v) is 3.57. The van der Waals surface area contributed by atoms with Gasteiger partial charge in [-0.05, 0) is 31.2 Å². The number of hydrogen-bond acceptors (Lipinski definition) is 4. The minimum atomic E-state index is -0.485. The van der Waals surface area contributed by atoms with Gasteiger partial charge in [-0.1, -0.05) is 29.8 Å². The van der Waals surface area contributed by atoms with Crippen molar-refractivity contribution in [3.05, 3.63) is 75.6 Å². The average molecular weight is 321 g/mol. The smallest absolute Gasteiger partial charge is 0.271 e. The zero-order valence-electron chi connectivity index (χ0n) is 12.9. The van der Waals surface area contributed by atoms with Gasteiger partial charge in [0, 0.05) is 10.9 Å². The Labute approximate surface area is 137 Å². The van der Waals surface area contributed by atoms with E-state index in [1.54, 1.807) is 42.5 Å². The predicted octanol–water partition coefficient (Wildman–Crippen LogP) is 2.31. The summed E-state index contributed by atoms with van der Waals surface area (Å²) in [6, 6.07) is 13.9. The first-order chi connectivity index (χ1) is 11.6. The number of H-pyrrole nitrogens is 1. The van der Waals surface area contributed by atoms with Gasteiger partial charge < -0.3 is 10.1 Å². The van der Waals surface area contributed by atoms with Crippen LogP contribution in [0.5, 0.6) is 5.75 Å². The zero-order valence-corrected chi connectivity index (χ0v) is 12.9. The summed E-state index contributed by atoms with van der Waals surface area (Å²) in [5, 5.41) is 14.6. The molecule has 6 nitrogen and oxygen atoms in total. The number of pyridine rings is 1. The van der Waals surface area contributed by atoms with Gasteiger partial charge in [-0.2, -0.15) is 5.10 Å². The van der Waals surface area contributed by atoms with E-state index in [2.05, 4.69) is 15.5 Å². The average Bonchev–Trinajstić information content (AvgIpc) is 2.59. The summed E-state index contributed by atoms with van der Waals surface area (Å²) >= 11 is 0. The number of amides is 1. The van der Waals surface area contributed by atoms with Crippen LogP contribution in [0.2, 0.25) is 0 Å². The molecule has 0 fully saturated rings. The number of benzene rings is 2. The van der Waals surface area contributed by atoms with Crippen molar-refractivity contribution >= 4 is 23.0 Å². The molecule has 120 valence electrons. The van der Waals surface area contributed by atoms with Crippen molar-refractivity contribution in [3.8, 4) is 5.75 Å². The monoisotopic (exact) mass is 321 g/mol. The van der Waals surface area contributed by atoms with E-state index in [0.29, 0.717) is 16.5 Å². The van der Waals surface area contributed by atoms with Crippen molar-refractivity contribution in [2.75, 3.05) is 0 Å². The fraction of sp³-hybridized carbons (Fsp3) is 0.0556. The number of aromatic amines is 1. The maximum Gasteiger partial charge on any atom is 0.271 e. The van der Waals surface area contributed by atoms with Crippen molar-refractivity contribution in [1.29, 1.82) is 0 Å². The van der Waals surface area contributed by atoms with Gasteiger partial charge in [0.2, 0.25) is 0 Å². The number of hydrogen-bond donors (Lipinski definition) is 3. The van der Waals surface area contributed by atoms with Crippen molar-refractivity contribution in [1.82, 2.24) is 10.4 Å². The SMILES string of the molecule is Cc1ccc2[nH]c(=O)c(/C=N\NC(=O)c3ccccc3)c(O)c2c1. The van der Waals surface area contributed by atoms with Crippen LogP contribution in [0, 0.1) is 6.92 Å². The third-order valence-electron chi connectivity index (χ3n) is 3.57. The summed E-state index contributed by atoms with van der Waals surface area (Å²) in [5.74, 6) is -0.574. The molecule has 0 atom stereocenters. The fourth-order valence-electron chi connectivity index (χ4n) is 2.33. The highest BCUT2D eigenvalue weighted by Crippen LogP contribution is 2.24. The highest BCUT2D eigenvalue weighted by molar-refractivity contribution is 5.97.